The summed E-state index contributed by atoms with van der Waals surface area (Å²) in [5, 5.41) is 17.4. The second kappa shape index (κ2) is 3.38. The van der Waals surface area contributed by atoms with E-state index in [0.29, 0.717) is 4.88 Å². The first-order valence-corrected chi connectivity index (χ1v) is 4.01. The number of hydrogen-bond acceptors (Lipinski definition) is 5. The second-order valence-corrected chi connectivity index (χ2v) is 3.21. The minimum absolute atomic E-state index is 0.0847. The molecule has 1 aromatic heterocycles. The van der Waals surface area contributed by atoms with Crippen LogP contribution in [0.15, 0.2) is 4.79 Å². The highest BCUT2D eigenvalue weighted by Crippen LogP contribution is 2.24. The van der Waals surface area contributed by atoms with Crippen LogP contribution < -0.4 is 10.6 Å². The molecule has 0 aromatic carbocycles. The molecule has 0 aliphatic rings. The third-order valence-corrected chi connectivity index (χ3v) is 2.31. The summed E-state index contributed by atoms with van der Waals surface area (Å²) in [5.74, 6) is -0.229. The van der Waals surface area contributed by atoms with E-state index >= 15 is 0 Å². The van der Waals surface area contributed by atoms with E-state index in [2.05, 4.69) is 4.98 Å². The molecule has 12 heavy (non-hydrogen) atoms. The number of aromatic amines is 1. The van der Waals surface area contributed by atoms with E-state index in [1.807, 2.05) is 6.07 Å². The zero-order chi connectivity index (χ0) is 9.14. The second-order valence-electron chi connectivity index (χ2n) is 2.20. The summed E-state index contributed by atoms with van der Waals surface area (Å²) in [6.07, 6.45) is 0.0847. The van der Waals surface area contributed by atoms with Gasteiger partial charge in [0.1, 0.15) is 0 Å². The lowest BCUT2D eigenvalue weighted by Gasteiger charge is -2.02. The van der Waals surface area contributed by atoms with E-state index in [1.165, 1.54) is 0 Å². The van der Waals surface area contributed by atoms with Gasteiger partial charge in [0.2, 0.25) is 5.88 Å². The van der Waals surface area contributed by atoms with Gasteiger partial charge in [-0.05, 0) is 0 Å². The number of nitrogens with one attached hydrogen (secondary N) is 1. The lowest BCUT2D eigenvalue weighted by atomic mass is 10.2. The Labute approximate surface area is 72.1 Å². The maximum atomic E-state index is 10.7. The SMILES string of the molecule is N#CC[C@H](N)c1sc(=O)[nH]c1O. The van der Waals surface area contributed by atoms with Crippen LogP contribution >= 0.6 is 11.3 Å². The molecule has 0 aliphatic heterocycles. The van der Waals surface area contributed by atoms with Gasteiger partial charge in [-0.25, -0.2) is 0 Å². The van der Waals surface area contributed by atoms with Crippen LogP contribution in [0.1, 0.15) is 17.3 Å². The van der Waals surface area contributed by atoms with Crippen molar-refractivity contribution in [2.45, 2.75) is 12.5 Å². The maximum Gasteiger partial charge on any atom is 0.307 e. The first-order valence-electron chi connectivity index (χ1n) is 3.19. The molecule has 64 valence electrons. The highest BCUT2D eigenvalue weighted by Gasteiger charge is 2.14. The summed E-state index contributed by atoms with van der Waals surface area (Å²) < 4.78 is 0. The summed E-state index contributed by atoms with van der Waals surface area (Å²) >= 11 is 0.825. The van der Waals surface area contributed by atoms with Gasteiger partial charge in [-0.2, -0.15) is 5.26 Å². The van der Waals surface area contributed by atoms with Gasteiger partial charge >= 0.3 is 4.87 Å². The van der Waals surface area contributed by atoms with Crippen LogP contribution in [0.3, 0.4) is 0 Å². The van der Waals surface area contributed by atoms with Gasteiger partial charge in [0.25, 0.3) is 0 Å². The number of nitriles is 1. The molecule has 0 unspecified atom stereocenters. The van der Waals surface area contributed by atoms with Crippen molar-refractivity contribution < 1.29 is 5.11 Å². The summed E-state index contributed by atoms with van der Waals surface area (Å²) in [5.41, 5.74) is 5.49. The largest absolute Gasteiger partial charge is 0.494 e. The molecule has 0 radical (unpaired) electrons. The Hall–Kier alpha value is -1.32. The molecular weight excluding hydrogens is 178 g/mol. The summed E-state index contributed by atoms with van der Waals surface area (Å²) in [7, 11) is 0. The summed E-state index contributed by atoms with van der Waals surface area (Å²) in [6.45, 7) is 0. The Kier molecular flexibility index (Phi) is 2.47. The molecule has 0 bridgehead atoms. The molecule has 1 atom stereocenters. The van der Waals surface area contributed by atoms with Crippen LogP contribution in [0.2, 0.25) is 0 Å². The van der Waals surface area contributed by atoms with Crippen LogP contribution in [-0.4, -0.2) is 10.1 Å². The van der Waals surface area contributed by atoms with E-state index in [1.54, 1.807) is 0 Å². The van der Waals surface area contributed by atoms with Gasteiger partial charge in [0, 0.05) is 0 Å². The molecule has 0 saturated heterocycles. The number of nitrogens with zero attached hydrogens (tertiary/aromatic N) is 1. The Morgan fingerprint density at radius 3 is 2.92 bits per heavy atom. The maximum absolute atomic E-state index is 10.7. The van der Waals surface area contributed by atoms with Crippen molar-refractivity contribution in [2.24, 2.45) is 5.73 Å². The average Bonchev–Trinajstić information content (AvgIpc) is 2.30. The topological polar surface area (TPSA) is 103 Å². The molecule has 0 saturated carbocycles. The smallest absolute Gasteiger partial charge is 0.307 e. The van der Waals surface area contributed by atoms with Crippen molar-refractivity contribution in [1.29, 1.82) is 5.26 Å². The van der Waals surface area contributed by atoms with Crippen molar-refractivity contribution in [3.8, 4) is 11.9 Å². The third kappa shape index (κ3) is 1.64. The lowest BCUT2D eigenvalue weighted by molar-refractivity contribution is 0.445. The molecule has 4 N–H and O–H groups in total. The number of hydrogen-bond donors (Lipinski definition) is 3. The molecule has 0 amide bonds. The van der Waals surface area contributed by atoms with Crippen LogP contribution in [0.5, 0.6) is 5.88 Å². The van der Waals surface area contributed by atoms with Crippen molar-refractivity contribution in [1.82, 2.24) is 4.98 Å². The van der Waals surface area contributed by atoms with Gasteiger partial charge < -0.3 is 10.8 Å². The number of thiazole rings is 1. The zero-order valence-corrected chi connectivity index (χ0v) is 6.89. The van der Waals surface area contributed by atoms with Gasteiger partial charge in [-0.1, -0.05) is 11.3 Å². The Balaban J connectivity index is 2.95. The van der Waals surface area contributed by atoms with Crippen molar-refractivity contribution in [2.75, 3.05) is 0 Å². The fourth-order valence-electron chi connectivity index (χ4n) is 0.774. The molecule has 0 aliphatic carbocycles. The Bertz CT molecular complexity index is 362. The highest BCUT2D eigenvalue weighted by molar-refractivity contribution is 7.09. The van der Waals surface area contributed by atoms with E-state index in [4.69, 9.17) is 16.1 Å². The molecule has 0 fully saturated rings. The lowest BCUT2D eigenvalue weighted by Crippen LogP contribution is -2.07. The Morgan fingerprint density at radius 2 is 2.50 bits per heavy atom. The van der Waals surface area contributed by atoms with Crippen molar-refractivity contribution in [3.05, 3.63) is 14.5 Å². The Morgan fingerprint density at radius 1 is 1.83 bits per heavy atom. The first-order chi connectivity index (χ1) is 5.65. The monoisotopic (exact) mass is 185 g/mol. The minimum atomic E-state index is -0.584. The standard InChI is InChI=1S/C6H7N3O2S/c7-2-1-3(8)4-5(10)9-6(11)12-4/h3,10H,1,8H2,(H,9,11)/t3-/m0/s1. The fourth-order valence-corrected chi connectivity index (χ4v) is 1.50. The minimum Gasteiger partial charge on any atom is -0.494 e. The van der Waals surface area contributed by atoms with Gasteiger partial charge in [0.15, 0.2) is 0 Å². The van der Waals surface area contributed by atoms with Crippen LogP contribution in [0.25, 0.3) is 0 Å². The van der Waals surface area contributed by atoms with E-state index in [9.17, 15) is 4.79 Å². The molecule has 6 heteroatoms. The van der Waals surface area contributed by atoms with Gasteiger partial charge in [-0.3, -0.25) is 9.78 Å². The van der Waals surface area contributed by atoms with Crippen molar-refractivity contribution in [3.63, 3.8) is 0 Å². The molecule has 1 aromatic rings. The van der Waals surface area contributed by atoms with E-state index in [0.717, 1.165) is 11.3 Å². The average molecular weight is 185 g/mol. The zero-order valence-electron chi connectivity index (χ0n) is 6.07. The molecular formula is C6H7N3O2S. The quantitative estimate of drug-likeness (QED) is 0.605. The molecule has 0 spiro atoms. The number of nitrogens with two attached hydrogens (primary N) is 1. The third-order valence-electron chi connectivity index (χ3n) is 1.30. The van der Waals surface area contributed by atoms with Crippen LogP contribution in [0, 0.1) is 11.3 Å². The molecule has 5 nitrogen and oxygen atoms in total. The number of rotatable bonds is 2. The summed E-state index contributed by atoms with van der Waals surface area (Å²) in [6, 6.07) is 1.27. The fraction of sp³-hybridized carbons (Fsp3) is 0.333. The normalized spacial score (nSPS) is 12.3. The molecule has 1 heterocycles. The van der Waals surface area contributed by atoms with Crippen LogP contribution in [-0.2, 0) is 0 Å². The number of aromatic hydroxyl groups is 1. The van der Waals surface area contributed by atoms with E-state index < -0.39 is 6.04 Å². The highest BCUT2D eigenvalue weighted by atomic mass is 32.1. The molecule has 1 rings (SSSR count). The number of aromatic nitrogens is 1. The first kappa shape index (κ1) is 8.77. The number of H-pyrrole nitrogens is 1. The predicted octanol–water partition coefficient (Wildman–Crippen LogP) is 0.0555. The van der Waals surface area contributed by atoms with Crippen LogP contribution in [0.4, 0.5) is 0 Å². The van der Waals surface area contributed by atoms with Crippen molar-refractivity contribution >= 4 is 11.3 Å². The van der Waals surface area contributed by atoms with Gasteiger partial charge in [0.05, 0.1) is 23.4 Å². The van der Waals surface area contributed by atoms with E-state index in [-0.39, 0.29) is 17.2 Å². The predicted molar refractivity (Wildman–Crippen MR) is 43.8 cm³/mol. The summed E-state index contributed by atoms with van der Waals surface area (Å²) in [4.78, 5) is 12.8. The van der Waals surface area contributed by atoms with Gasteiger partial charge in [-0.15, -0.1) is 0 Å².